The lowest BCUT2D eigenvalue weighted by Crippen LogP contribution is -2.58. The average Bonchev–Trinajstić information content (AvgIpc) is 2.37. The molecule has 0 aromatic heterocycles. The number of aldehydes is 1. The van der Waals surface area contributed by atoms with Gasteiger partial charge in [0.25, 0.3) is 0 Å². The fourth-order valence-corrected chi connectivity index (χ4v) is 2.78. The van der Waals surface area contributed by atoms with Crippen molar-refractivity contribution in [3.8, 4) is 0 Å². The highest BCUT2D eigenvalue weighted by molar-refractivity contribution is 9.10. The van der Waals surface area contributed by atoms with Gasteiger partial charge in [-0.2, -0.15) is 0 Å². The Balaban J connectivity index is 2.40. The molecule has 1 atom stereocenters. The van der Waals surface area contributed by atoms with Crippen LogP contribution in [0.1, 0.15) is 23.7 Å². The van der Waals surface area contributed by atoms with E-state index in [-0.39, 0.29) is 24.4 Å². The van der Waals surface area contributed by atoms with E-state index in [1.54, 1.807) is 23.1 Å². The molecule has 19 heavy (non-hydrogen) atoms. The van der Waals surface area contributed by atoms with Crippen LogP contribution in [0.2, 0.25) is 0 Å². The second-order valence-corrected chi connectivity index (χ2v) is 5.15. The molecule has 1 N–H and O–H groups in total. The third kappa shape index (κ3) is 2.68. The molecule has 1 heterocycles. The van der Waals surface area contributed by atoms with Crippen LogP contribution >= 0.6 is 15.9 Å². The molecule has 1 aromatic rings. The predicted octanol–water partition coefficient (Wildman–Crippen LogP) is 1.50. The molecule has 100 valence electrons. The van der Waals surface area contributed by atoms with Gasteiger partial charge in [0.15, 0.2) is 0 Å². The first-order valence-corrected chi connectivity index (χ1v) is 6.71. The highest BCUT2D eigenvalue weighted by atomic mass is 79.9. The van der Waals surface area contributed by atoms with Crippen LogP contribution in [0, 0.1) is 0 Å². The summed E-state index contributed by atoms with van der Waals surface area (Å²) in [4.78, 5) is 35.8. The summed E-state index contributed by atoms with van der Waals surface area (Å²) in [6.45, 7) is 2.02. The third-order valence-corrected chi connectivity index (χ3v) is 3.69. The molecule has 2 rings (SSSR count). The SMILES string of the molecule is CCC1C(=O)NC(=O)CN1c1ccc(C=O)cc1Br. The number of amides is 2. The number of hydrogen-bond donors (Lipinski definition) is 1. The highest BCUT2D eigenvalue weighted by Gasteiger charge is 2.33. The maximum atomic E-state index is 11.8. The largest absolute Gasteiger partial charge is 0.349 e. The summed E-state index contributed by atoms with van der Waals surface area (Å²) in [6, 6.07) is 4.70. The molecule has 6 heteroatoms. The molecular weight excluding hydrogens is 312 g/mol. The fraction of sp³-hybridized carbons (Fsp3) is 0.308. The summed E-state index contributed by atoms with van der Waals surface area (Å²) in [5.41, 5.74) is 1.28. The molecule has 1 saturated heterocycles. The number of nitrogens with zero attached hydrogens (tertiary/aromatic N) is 1. The molecule has 0 spiro atoms. The van der Waals surface area contributed by atoms with Crippen molar-refractivity contribution in [3.05, 3.63) is 28.2 Å². The van der Waals surface area contributed by atoms with Gasteiger partial charge in [-0.15, -0.1) is 0 Å². The molecule has 1 aliphatic rings. The van der Waals surface area contributed by atoms with Crippen molar-refractivity contribution in [2.24, 2.45) is 0 Å². The van der Waals surface area contributed by atoms with Crippen LogP contribution in [0.4, 0.5) is 5.69 Å². The summed E-state index contributed by atoms with van der Waals surface area (Å²) < 4.78 is 0.693. The second-order valence-electron chi connectivity index (χ2n) is 4.29. The summed E-state index contributed by atoms with van der Waals surface area (Å²) >= 11 is 3.38. The number of imide groups is 1. The number of carbonyl (C=O) groups excluding carboxylic acids is 3. The predicted molar refractivity (Wildman–Crippen MR) is 74.1 cm³/mol. The zero-order valence-electron chi connectivity index (χ0n) is 10.4. The lowest BCUT2D eigenvalue weighted by atomic mass is 10.1. The number of nitrogens with one attached hydrogen (secondary N) is 1. The standard InChI is InChI=1S/C13H13BrN2O3/c1-2-10-13(19)15-12(18)6-16(10)11-4-3-8(7-17)5-9(11)14/h3-5,7,10H,2,6H2,1H3,(H,15,18,19). The highest BCUT2D eigenvalue weighted by Crippen LogP contribution is 2.30. The van der Waals surface area contributed by atoms with Gasteiger partial charge in [0.2, 0.25) is 11.8 Å². The van der Waals surface area contributed by atoms with E-state index in [1.807, 2.05) is 6.92 Å². The van der Waals surface area contributed by atoms with Gasteiger partial charge < -0.3 is 4.90 Å². The molecule has 0 saturated carbocycles. The maximum Gasteiger partial charge on any atom is 0.249 e. The molecule has 0 bridgehead atoms. The van der Waals surface area contributed by atoms with Gasteiger partial charge >= 0.3 is 0 Å². The first-order valence-electron chi connectivity index (χ1n) is 5.92. The van der Waals surface area contributed by atoms with E-state index in [0.29, 0.717) is 16.5 Å². The van der Waals surface area contributed by atoms with E-state index in [9.17, 15) is 14.4 Å². The number of halogens is 1. The first-order chi connectivity index (χ1) is 9.06. The quantitative estimate of drug-likeness (QED) is 0.676. The Labute approximate surface area is 119 Å². The maximum absolute atomic E-state index is 11.8. The average molecular weight is 325 g/mol. The summed E-state index contributed by atoms with van der Waals surface area (Å²) in [7, 11) is 0. The van der Waals surface area contributed by atoms with Crippen molar-refractivity contribution in [1.82, 2.24) is 5.32 Å². The number of piperazine rings is 1. The molecule has 2 amide bonds. The number of rotatable bonds is 3. The Morgan fingerprint density at radius 1 is 1.47 bits per heavy atom. The second kappa shape index (κ2) is 5.52. The van der Waals surface area contributed by atoms with Crippen molar-refractivity contribution < 1.29 is 14.4 Å². The van der Waals surface area contributed by atoms with Crippen molar-refractivity contribution in [1.29, 1.82) is 0 Å². The van der Waals surface area contributed by atoms with Crippen LogP contribution in [0.25, 0.3) is 0 Å². The minimum absolute atomic E-state index is 0.128. The Hall–Kier alpha value is -1.69. The molecule has 0 radical (unpaired) electrons. The molecule has 1 aliphatic heterocycles. The zero-order chi connectivity index (χ0) is 14.0. The van der Waals surface area contributed by atoms with Crippen LogP contribution in [-0.2, 0) is 9.59 Å². The number of anilines is 1. The Morgan fingerprint density at radius 2 is 2.21 bits per heavy atom. The van der Waals surface area contributed by atoms with Crippen molar-refractivity contribution in [2.45, 2.75) is 19.4 Å². The normalized spacial score (nSPS) is 19.3. The van der Waals surface area contributed by atoms with Gasteiger partial charge in [-0.1, -0.05) is 6.92 Å². The van der Waals surface area contributed by atoms with Gasteiger partial charge in [0.1, 0.15) is 12.3 Å². The van der Waals surface area contributed by atoms with Crippen LogP contribution in [0.15, 0.2) is 22.7 Å². The topological polar surface area (TPSA) is 66.5 Å². The number of benzene rings is 1. The van der Waals surface area contributed by atoms with Crippen molar-refractivity contribution >= 4 is 39.7 Å². The van der Waals surface area contributed by atoms with Gasteiger partial charge in [0, 0.05) is 10.0 Å². The molecule has 0 aliphatic carbocycles. The lowest BCUT2D eigenvalue weighted by Gasteiger charge is -2.35. The fourth-order valence-electron chi connectivity index (χ4n) is 2.15. The van der Waals surface area contributed by atoms with Crippen LogP contribution < -0.4 is 10.2 Å². The van der Waals surface area contributed by atoms with Gasteiger partial charge in [-0.05, 0) is 40.5 Å². The van der Waals surface area contributed by atoms with Gasteiger partial charge in [0.05, 0.1) is 12.2 Å². The van der Waals surface area contributed by atoms with E-state index in [0.717, 1.165) is 12.0 Å². The van der Waals surface area contributed by atoms with Gasteiger partial charge in [-0.25, -0.2) is 0 Å². The lowest BCUT2D eigenvalue weighted by molar-refractivity contribution is -0.132. The summed E-state index contributed by atoms with van der Waals surface area (Å²) in [5.74, 6) is -0.605. The van der Waals surface area contributed by atoms with E-state index in [1.165, 1.54) is 0 Å². The van der Waals surface area contributed by atoms with Gasteiger partial charge in [-0.3, -0.25) is 19.7 Å². The van der Waals surface area contributed by atoms with Crippen LogP contribution in [0.5, 0.6) is 0 Å². The molecular formula is C13H13BrN2O3. The van der Waals surface area contributed by atoms with E-state index in [2.05, 4.69) is 21.2 Å². The van der Waals surface area contributed by atoms with Crippen molar-refractivity contribution in [3.63, 3.8) is 0 Å². The Morgan fingerprint density at radius 3 is 2.79 bits per heavy atom. The third-order valence-electron chi connectivity index (χ3n) is 3.06. The number of hydrogen-bond acceptors (Lipinski definition) is 4. The molecule has 1 unspecified atom stereocenters. The minimum atomic E-state index is -0.379. The minimum Gasteiger partial charge on any atom is -0.349 e. The first kappa shape index (κ1) is 13.7. The number of carbonyl (C=O) groups is 3. The molecule has 5 nitrogen and oxygen atoms in total. The van der Waals surface area contributed by atoms with E-state index < -0.39 is 0 Å². The van der Waals surface area contributed by atoms with Crippen LogP contribution in [0.3, 0.4) is 0 Å². The van der Waals surface area contributed by atoms with E-state index >= 15 is 0 Å². The van der Waals surface area contributed by atoms with Crippen molar-refractivity contribution in [2.75, 3.05) is 11.4 Å². The summed E-state index contributed by atoms with van der Waals surface area (Å²) in [6.07, 6.45) is 1.35. The van der Waals surface area contributed by atoms with Crippen LogP contribution in [-0.4, -0.2) is 30.7 Å². The zero-order valence-corrected chi connectivity index (χ0v) is 11.9. The molecule has 1 fully saturated rings. The Kier molecular flexibility index (Phi) is 3.99. The Bertz CT molecular complexity index is 545. The smallest absolute Gasteiger partial charge is 0.249 e. The van der Waals surface area contributed by atoms with E-state index in [4.69, 9.17) is 0 Å². The monoisotopic (exact) mass is 324 g/mol. The summed E-state index contributed by atoms with van der Waals surface area (Å²) in [5, 5.41) is 2.33. The molecule has 1 aromatic carbocycles.